The highest BCUT2D eigenvalue weighted by Crippen LogP contribution is 2.20. The Kier molecular flexibility index (Phi) is 4.86. The van der Waals surface area contributed by atoms with E-state index in [1.807, 2.05) is 43.3 Å². The molecule has 0 unspecified atom stereocenters. The Bertz CT molecular complexity index is 1020. The number of benzene rings is 2. The maximum Gasteiger partial charge on any atom is 0.347 e. The van der Waals surface area contributed by atoms with Crippen LogP contribution in [0.3, 0.4) is 0 Å². The van der Waals surface area contributed by atoms with Crippen LogP contribution in [-0.4, -0.2) is 19.9 Å². The SMILES string of the molecule is CN(C)c1ccc(C=CC(=O)c2cc3cc(Br)ccc3oc2=O)cc1. The summed E-state index contributed by atoms with van der Waals surface area (Å²) in [4.78, 5) is 26.4. The first-order valence-electron chi connectivity index (χ1n) is 7.67. The minimum absolute atomic E-state index is 0.0201. The number of fused-ring (bicyclic) bond motifs is 1. The molecule has 0 fully saturated rings. The van der Waals surface area contributed by atoms with Gasteiger partial charge in [0.15, 0.2) is 5.78 Å². The topological polar surface area (TPSA) is 50.5 Å². The normalized spacial score (nSPS) is 11.2. The number of carbonyl (C=O) groups is 1. The molecule has 4 nitrogen and oxygen atoms in total. The second-order valence-corrected chi connectivity index (χ2v) is 6.73. The smallest absolute Gasteiger partial charge is 0.347 e. The van der Waals surface area contributed by atoms with Gasteiger partial charge in [-0.05, 0) is 48.0 Å². The summed E-state index contributed by atoms with van der Waals surface area (Å²) < 4.78 is 6.08. The van der Waals surface area contributed by atoms with Gasteiger partial charge in [-0.3, -0.25) is 4.79 Å². The average molecular weight is 398 g/mol. The summed E-state index contributed by atoms with van der Waals surface area (Å²) in [5, 5.41) is 0.695. The van der Waals surface area contributed by atoms with Crippen molar-refractivity contribution in [3.8, 4) is 0 Å². The first kappa shape index (κ1) is 17.2. The maximum absolute atomic E-state index is 12.4. The van der Waals surface area contributed by atoms with E-state index in [9.17, 15) is 9.59 Å². The van der Waals surface area contributed by atoms with Crippen LogP contribution in [0.1, 0.15) is 15.9 Å². The van der Waals surface area contributed by atoms with E-state index in [0.717, 1.165) is 15.7 Å². The van der Waals surface area contributed by atoms with Gasteiger partial charge in [0.25, 0.3) is 0 Å². The first-order chi connectivity index (χ1) is 11.9. The summed E-state index contributed by atoms with van der Waals surface area (Å²) in [6, 6.07) is 14.6. The molecule has 0 bridgehead atoms. The standard InChI is InChI=1S/C20H16BrNO3/c1-22(2)16-7-3-13(4-8-16)5-9-18(23)17-12-14-11-15(21)6-10-19(14)25-20(17)24/h3-12H,1-2H3. The molecule has 5 heteroatoms. The summed E-state index contributed by atoms with van der Waals surface area (Å²) >= 11 is 3.37. The van der Waals surface area contributed by atoms with E-state index >= 15 is 0 Å². The van der Waals surface area contributed by atoms with Gasteiger partial charge in [0, 0.05) is 29.6 Å². The molecule has 0 saturated heterocycles. The lowest BCUT2D eigenvalue weighted by molar-refractivity contribution is 0.104. The van der Waals surface area contributed by atoms with Crippen molar-refractivity contribution in [2.75, 3.05) is 19.0 Å². The van der Waals surface area contributed by atoms with Gasteiger partial charge >= 0.3 is 5.63 Å². The number of hydrogen-bond acceptors (Lipinski definition) is 4. The van der Waals surface area contributed by atoms with Crippen molar-refractivity contribution >= 4 is 44.4 Å². The van der Waals surface area contributed by atoms with Crippen molar-refractivity contribution in [3.63, 3.8) is 0 Å². The first-order valence-corrected chi connectivity index (χ1v) is 8.46. The van der Waals surface area contributed by atoms with Crippen molar-refractivity contribution in [1.29, 1.82) is 0 Å². The molecular weight excluding hydrogens is 382 g/mol. The molecule has 0 N–H and O–H groups in total. The summed E-state index contributed by atoms with van der Waals surface area (Å²) in [7, 11) is 3.93. The molecular formula is C20H16BrNO3. The zero-order valence-corrected chi connectivity index (χ0v) is 15.4. The third-order valence-electron chi connectivity index (χ3n) is 3.80. The number of carbonyl (C=O) groups excluding carboxylic acids is 1. The molecule has 3 aromatic rings. The van der Waals surface area contributed by atoms with E-state index in [-0.39, 0.29) is 11.3 Å². The van der Waals surface area contributed by atoms with Crippen LogP contribution >= 0.6 is 15.9 Å². The van der Waals surface area contributed by atoms with Gasteiger partial charge in [-0.25, -0.2) is 4.79 Å². The fraction of sp³-hybridized carbons (Fsp3) is 0.100. The number of nitrogens with zero attached hydrogens (tertiary/aromatic N) is 1. The number of halogens is 1. The quantitative estimate of drug-likeness (QED) is 0.369. The lowest BCUT2D eigenvalue weighted by atomic mass is 10.1. The number of hydrogen-bond donors (Lipinski definition) is 0. The number of ketones is 1. The highest BCUT2D eigenvalue weighted by molar-refractivity contribution is 9.10. The number of allylic oxidation sites excluding steroid dienone is 1. The molecule has 0 spiro atoms. The average Bonchev–Trinajstić information content (AvgIpc) is 2.59. The second-order valence-electron chi connectivity index (χ2n) is 5.81. The third kappa shape index (κ3) is 3.88. The van der Waals surface area contributed by atoms with E-state index in [4.69, 9.17) is 4.42 Å². The fourth-order valence-electron chi connectivity index (χ4n) is 2.41. The van der Waals surface area contributed by atoms with Gasteiger partial charge in [-0.2, -0.15) is 0 Å². The van der Waals surface area contributed by atoms with Crippen LogP contribution in [0.4, 0.5) is 5.69 Å². The van der Waals surface area contributed by atoms with Gasteiger partial charge in [-0.1, -0.05) is 34.1 Å². The van der Waals surface area contributed by atoms with Gasteiger partial charge in [0.2, 0.25) is 0 Å². The molecule has 0 amide bonds. The summed E-state index contributed by atoms with van der Waals surface area (Å²) in [5.74, 6) is -0.382. The lowest BCUT2D eigenvalue weighted by Crippen LogP contribution is -2.11. The van der Waals surface area contributed by atoms with Gasteiger partial charge in [0.05, 0.1) is 0 Å². The Labute approximate surface area is 153 Å². The van der Waals surface area contributed by atoms with Crippen LogP contribution in [0.5, 0.6) is 0 Å². The highest BCUT2D eigenvalue weighted by Gasteiger charge is 2.11. The Morgan fingerprint density at radius 3 is 2.48 bits per heavy atom. The van der Waals surface area contributed by atoms with Crippen molar-refractivity contribution in [2.24, 2.45) is 0 Å². The lowest BCUT2D eigenvalue weighted by Gasteiger charge is -2.11. The molecule has 0 aliphatic carbocycles. The van der Waals surface area contributed by atoms with Crippen LogP contribution in [0, 0.1) is 0 Å². The molecule has 0 radical (unpaired) electrons. The maximum atomic E-state index is 12.4. The van der Waals surface area contributed by atoms with Crippen molar-refractivity contribution in [1.82, 2.24) is 0 Å². The molecule has 0 aliphatic rings. The zero-order chi connectivity index (χ0) is 18.0. The number of anilines is 1. The van der Waals surface area contributed by atoms with Crippen molar-refractivity contribution in [2.45, 2.75) is 0 Å². The fourth-order valence-corrected chi connectivity index (χ4v) is 2.79. The van der Waals surface area contributed by atoms with Gasteiger partial charge in [-0.15, -0.1) is 0 Å². The predicted octanol–water partition coefficient (Wildman–Crippen LogP) is 4.52. The van der Waals surface area contributed by atoms with Gasteiger partial charge < -0.3 is 9.32 Å². The minimum atomic E-state index is -0.632. The molecule has 3 rings (SSSR count). The Hall–Kier alpha value is -2.66. The van der Waals surface area contributed by atoms with E-state index in [0.29, 0.717) is 11.0 Å². The van der Waals surface area contributed by atoms with E-state index < -0.39 is 5.63 Å². The van der Waals surface area contributed by atoms with Gasteiger partial charge in [0.1, 0.15) is 11.1 Å². The molecule has 0 aliphatic heterocycles. The molecule has 0 atom stereocenters. The number of rotatable bonds is 4. The minimum Gasteiger partial charge on any atom is -0.422 e. The Morgan fingerprint density at radius 2 is 1.80 bits per heavy atom. The predicted molar refractivity (Wildman–Crippen MR) is 104 cm³/mol. The van der Waals surface area contributed by atoms with Crippen molar-refractivity contribution in [3.05, 3.63) is 80.6 Å². The van der Waals surface area contributed by atoms with Crippen LogP contribution in [0.2, 0.25) is 0 Å². The largest absolute Gasteiger partial charge is 0.422 e. The van der Waals surface area contributed by atoms with E-state index in [1.54, 1.807) is 30.3 Å². The van der Waals surface area contributed by atoms with Crippen LogP contribution in [0.15, 0.2) is 68.3 Å². The van der Waals surface area contributed by atoms with E-state index in [2.05, 4.69) is 15.9 Å². The Morgan fingerprint density at radius 1 is 1.08 bits per heavy atom. The van der Waals surface area contributed by atoms with Crippen LogP contribution in [-0.2, 0) is 0 Å². The molecule has 1 heterocycles. The third-order valence-corrected chi connectivity index (χ3v) is 4.29. The zero-order valence-electron chi connectivity index (χ0n) is 13.8. The van der Waals surface area contributed by atoms with Crippen molar-refractivity contribution < 1.29 is 9.21 Å². The molecule has 1 aromatic heterocycles. The van der Waals surface area contributed by atoms with Crippen LogP contribution in [0.25, 0.3) is 17.0 Å². The summed E-state index contributed by atoms with van der Waals surface area (Å²) in [6.07, 6.45) is 3.08. The molecule has 25 heavy (non-hydrogen) atoms. The molecule has 2 aromatic carbocycles. The summed E-state index contributed by atoms with van der Waals surface area (Å²) in [5.41, 5.74) is 1.79. The van der Waals surface area contributed by atoms with E-state index in [1.165, 1.54) is 6.08 Å². The molecule has 0 saturated carbocycles. The highest BCUT2D eigenvalue weighted by atomic mass is 79.9. The monoisotopic (exact) mass is 397 g/mol. The molecule has 126 valence electrons. The Balaban J connectivity index is 1.88. The second kappa shape index (κ2) is 7.07. The summed E-state index contributed by atoms with van der Waals surface area (Å²) in [6.45, 7) is 0. The van der Waals surface area contributed by atoms with Crippen LogP contribution < -0.4 is 10.5 Å².